The van der Waals surface area contributed by atoms with Gasteiger partial charge in [-0.2, -0.15) is 0 Å². The van der Waals surface area contributed by atoms with Gasteiger partial charge in [0.25, 0.3) is 0 Å². The van der Waals surface area contributed by atoms with Crippen LogP contribution in [0, 0.1) is 0 Å². The standard InChI is InChI=1S/C8H11NO5S3/c9-17(13,14)7-3-6-5(4-10)1-2-16(11,12)8(6)15-7/h3,5,10H,1-2,4H2,(H2,9,13,14). The number of nitrogens with two attached hydrogens (primary N) is 1. The first-order chi connectivity index (χ1) is 7.75. The molecular weight excluding hydrogens is 286 g/mol. The van der Waals surface area contributed by atoms with Gasteiger partial charge in [0.05, 0.1) is 12.4 Å². The maximum absolute atomic E-state index is 11.8. The molecule has 1 aromatic rings. The van der Waals surface area contributed by atoms with Crippen molar-refractivity contribution < 1.29 is 21.9 Å². The number of thiophene rings is 1. The highest BCUT2D eigenvalue weighted by Crippen LogP contribution is 2.40. The highest BCUT2D eigenvalue weighted by Gasteiger charge is 2.34. The Bertz CT molecular complexity index is 643. The summed E-state index contributed by atoms with van der Waals surface area (Å²) in [6.07, 6.45) is 0.298. The first-order valence-corrected chi connectivity index (χ1v) is 8.77. The lowest BCUT2D eigenvalue weighted by molar-refractivity contribution is 0.260. The van der Waals surface area contributed by atoms with E-state index in [1.165, 1.54) is 6.07 Å². The number of aliphatic hydroxyl groups excluding tert-OH is 1. The summed E-state index contributed by atoms with van der Waals surface area (Å²) in [5.74, 6) is -0.407. The van der Waals surface area contributed by atoms with E-state index in [2.05, 4.69) is 0 Å². The fourth-order valence-corrected chi connectivity index (χ4v) is 6.04. The minimum Gasteiger partial charge on any atom is -0.396 e. The van der Waals surface area contributed by atoms with Gasteiger partial charge in [0.2, 0.25) is 10.0 Å². The Hall–Kier alpha value is -0.480. The van der Waals surface area contributed by atoms with Crippen molar-refractivity contribution in [2.75, 3.05) is 12.4 Å². The molecule has 0 aliphatic carbocycles. The highest BCUT2D eigenvalue weighted by atomic mass is 32.3. The van der Waals surface area contributed by atoms with Gasteiger partial charge in [-0.15, -0.1) is 11.3 Å². The van der Waals surface area contributed by atoms with Crippen molar-refractivity contribution >= 4 is 31.2 Å². The smallest absolute Gasteiger partial charge is 0.247 e. The van der Waals surface area contributed by atoms with Gasteiger partial charge in [0, 0.05) is 5.92 Å². The zero-order valence-electron chi connectivity index (χ0n) is 8.66. The van der Waals surface area contributed by atoms with Gasteiger partial charge < -0.3 is 5.11 Å². The number of sulfone groups is 1. The topological polar surface area (TPSA) is 115 Å². The molecule has 1 aliphatic heterocycles. The summed E-state index contributed by atoms with van der Waals surface area (Å²) in [7, 11) is -7.34. The molecule has 1 aromatic heterocycles. The molecule has 0 aromatic carbocycles. The first kappa shape index (κ1) is 13.0. The summed E-state index contributed by atoms with van der Waals surface area (Å²) >= 11 is 0.656. The molecule has 3 N–H and O–H groups in total. The Morgan fingerprint density at radius 3 is 2.71 bits per heavy atom. The van der Waals surface area contributed by atoms with E-state index in [0.717, 1.165) is 0 Å². The normalized spacial score (nSPS) is 23.3. The number of sulfonamides is 1. The van der Waals surface area contributed by atoms with E-state index < -0.39 is 19.9 Å². The van der Waals surface area contributed by atoms with Gasteiger partial charge in [0.15, 0.2) is 9.84 Å². The average molecular weight is 297 g/mol. The van der Waals surface area contributed by atoms with E-state index in [0.29, 0.717) is 23.3 Å². The van der Waals surface area contributed by atoms with E-state index in [1.807, 2.05) is 0 Å². The third kappa shape index (κ3) is 2.25. The average Bonchev–Trinajstić information content (AvgIpc) is 2.63. The summed E-state index contributed by atoms with van der Waals surface area (Å²) in [5.41, 5.74) is 0.368. The van der Waals surface area contributed by atoms with Crippen LogP contribution in [0.15, 0.2) is 14.5 Å². The molecule has 0 fully saturated rings. The van der Waals surface area contributed by atoms with Crippen molar-refractivity contribution in [3.8, 4) is 0 Å². The molecule has 1 aliphatic rings. The second-order valence-electron chi connectivity index (χ2n) is 3.84. The zero-order chi connectivity index (χ0) is 12.8. The van der Waals surface area contributed by atoms with Crippen molar-refractivity contribution in [2.24, 2.45) is 5.14 Å². The van der Waals surface area contributed by atoms with Crippen LogP contribution in [0.25, 0.3) is 0 Å². The van der Waals surface area contributed by atoms with Gasteiger partial charge in [-0.25, -0.2) is 22.0 Å². The van der Waals surface area contributed by atoms with Crippen LogP contribution in [0.1, 0.15) is 17.9 Å². The van der Waals surface area contributed by atoms with Crippen LogP contribution in [0.4, 0.5) is 0 Å². The van der Waals surface area contributed by atoms with Crippen LogP contribution in [0.3, 0.4) is 0 Å². The van der Waals surface area contributed by atoms with Gasteiger partial charge in [-0.3, -0.25) is 0 Å². The molecule has 0 amide bonds. The van der Waals surface area contributed by atoms with E-state index in [1.54, 1.807) is 0 Å². The van der Waals surface area contributed by atoms with E-state index in [9.17, 15) is 16.8 Å². The Morgan fingerprint density at radius 1 is 1.53 bits per heavy atom. The Labute approximate surface area is 103 Å². The molecule has 17 heavy (non-hydrogen) atoms. The van der Waals surface area contributed by atoms with Gasteiger partial charge in [-0.1, -0.05) is 0 Å². The monoisotopic (exact) mass is 297 g/mol. The van der Waals surface area contributed by atoms with Crippen LogP contribution in [0.2, 0.25) is 0 Å². The van der Waals surface area contributed by atoms with E-state index >= 15 is 0 Å². The second kappa shape index (κ2) is 4.02. The van der Waals surface area contributed by atoms with E-state index in [4.69, 9.17) is 10.2 Å². The first-order valence-electron chi connectivity index (χ1n) is 4.76. The third-order valence-electron chi connectivity index (χ3n) is 2.66. The summed E-state index contributed by atoms with van der Waals surface area (Å²) in [4.78, 5) is 0. The van der Waals surface area contributed by atoms with Crippen LogP contribution in [-0.4, -0.2) is 34.3 Å². The molecule has 2 heterocycles. The molecular formula is C8H11NO5S3. The maximum atomic E-state index is 11.8. The molecule has 0 saturated carbocycles. The van der Waals surface area contributed by atoms with Crippen LogP contribution in [-0.2, 0) is 19.9 Å². The molecule has 0 spiro atoms. The zero-order valence-corrected chi connectivity index (χ0v) is 11.1. The minimum absolute atomic E-state index is 0.0202. The molecule has 1 atom stereocenters. The molecule has 0 bridgehead atoms. The molecule has 96 valence electrons. The quantitative estimate of drug-likeness (QED) is 0.774. The lowest BCUT2D eigenvalue weighted by atomic mass is 10.0. The molecule has 6 nitrogen and oxygen atoms in total. The predicted octanol–water partition coefficient (Wildman–Crippen LogP) is -0.351. The van der Waals surface area contributed by atoms with Crippen molar-refractivity contribution in [2.45, 2.75) is 20.8 Å². The molecule has 9 heteroatoms. The molecule has 0 saturated heterocycles. The highest BCUT2D eigenvalue weighted by molar-refractivity contribution is 7.95. The summed E-state index contributed by atoms with van der Waals surface area (Å²) in [6.45, 7) is -0.205. The Morgan fingerprint density at radius 2 is 2.18 bits per heavy atom. The van der Waals surface area contributed by atoms with Crippen molar-refractivity contribution in [1.82, 2.24) is 0 Å². The Balaban J connectivity index is 2.68. The SMILES string of the molecule is NS(=O)(=O)c1cc2c(s1)S(=O)(=O)CCC2CO. The molecule has 2 rings (SSSR count). The van der Waals surface area contributed by atoms with Crippen molar-refractivity contribution in [3.63, 3.8) is 0 Å². The number of fused-ring (bicyclic) bond motifs is 1. The molecule has 1 unspecified atom stereocenters. The lowest BCUT2D eigenvalue weighted by Crippen LogP contribution is -2.20. The summed E-state index contributed by atoms with van der Waals surface area (Å²) in [5, 5.41) is 14.1. The number of primary sulfonamides is 1. The van der Waals surface area contributed by atoms with Crippen molar-refractivity contribution in [1.29, 1.82) is 0 Å². The summed E-state index contributed by atoms with van der Waals surface area (Å²) in [6, 6.07) is 1.26. The van der Waals surface area contributed by atoms with Crippen LogP contribution in [0.5, 0.6) is 0 Å². The number of rotatable bonds is 2. The second-order valence-corrected chi connectivity index (χ2v) is 8.99. The number of hydrogen-bond donors (Lipinski definition) is 2. The molecule has 0 radical (unpaired) electrons. The third-order valence-corrected chi connectivity index (χ3v) is 7.61. The Kier molecular flexibility index (Phi) is 3.07. The van der Waals surface area contributed by atoms with Crippen LogP contribution >= 0.6 is 11.3 Å². The fourth-order valence-electron chi connectivity index (χ4n) is 1.77. The maximum Gasteiger partial charge on any atom is 0.247 e. The lowest BCUT2D eigenvalue weighted by Gasteiger charge is -2.19. The minimum atomic E-state index is -3.91. The number of hydrogen-bond acceptors (Lipinski definition) is 6. The van der Waals surface area contributed by atoms with Gasteiger partial charge >= 0.3 is 0 Å². The van der Waals surface area contributed by atoms with Gasteiger partial charge in [0.1, 0.15) is 8.42 Å². The summed E-state index contributed by atoms with van der Waals surface area (Å²) < 4.78 is 45.8. The fraction of sp³-hybridized carbons (Fsp3) is 0.500. The van der Waals surface area contributed by atoms with Crippen LogP contribution < -0.4 is 5.14 Å². The predicted molar refractivity (Wildman–Crippen MR) is 62.2 cm³/mol. The largest absolute Gasteiger partial charge is 0.396 e. The van der Waals surface area contributed by atoms with Gasteiger partial charge in [-0.05, 0) is 18.1 Å². The van der Waals surface area contributed by atoms with Crippen molar-refractivity contribution in [3.05, 3.63) is 11.6 Å². The number of aliphatic hydroxyl groups is 1. The van der Waals surface area contributed by atoms with E-state index in [-0.39, 0.29) is 26.7 Å².